The van der Waals surface area contributed by atoms with Crippen LogP contribution in [-0.4, -0.2) is 44.3 Å². The van der Waals surface area contributed by atoms with E-state index in [-0.39, 0.29) is 22.4 Å². The molecule has 0 unspecified atom stereocenters. The SMILES string of the molecule is CCCCOc1c(Cl)cc(C(=O)OCC(=O)NC(=O)N[C@H](C)CC)cc1OC. The Morgan fingerprint density at radius 2 is 1.93 bits per heavy atom. The normalized spacial score (nSPS) is 11.3. The second-order valence-corrected chi connectivity index (χ2v) is 6.51. The number of urea groups is 1. The first-order chi connectivity index (χ1) is 13.3. The summed E-state index contributed by atoms with van der Waals surface area (Å²) in [6.45, 7) is 5.59. The number of hydrogen-bond donors (Lipinski definition) is 2. The summed E-state index contributed by atoms with van der Waals surface area (Å²) in [5, 5.41) is 4.85. The molecule has 0 radical (unpaired) electrons. The minimum atomic E-state index is -0.780. The first-order valence-electron chi connectivity index (χ1n) is 9.10. The Balaban J connectivity index is 2.67. The maximum absolute atomic E-state index is 12.2. The number of rotatable bonds is 10. The van der Waals surface area contributed by atoms with Gasteiger partial charge in [0.05, 0.1) is 24.3 Å². The number of carbonyl (C=O) groups is 3. The van der Waals surface area contributed by atoms with Crippen molar-refractivity contribution in [1.29, 1.82) is 0 Å². The summed E-state index contributed by atoms with van der Waals surface area (Å²) in [5.41, 5.74) is 0.0987. The van der Waals surface area contributed by atoms with E-state index in [4.69, 9.17) is 25.8 Å². The highest BCUT2D eigenvalue weighted by Gasteiger charge is 2.18. The number of unbranched alkanes of at least 4 members (excludes halogenated alkanes) is 1. The first kappa shape index (κ1) is 23.6. The van der Waals surface area contributed by atoms with E-state index in [1.807, 2.05) is 13.8 Å². The molecule has 0 bridgehead atoms. The van der Waals surface area contributed by atoms with Gasteiger partial charge in [0.15, 0.2) is 18.1 Å². The molecule has 2 N–H and O–H groups in total. The van der Waals surface area contributed by atoms with Crippen LogP contribution in [-0.2, 0) is 9.53 Å². The van der Waals surface area contributed by atoms with Crippen LogP contribution in [0.25, 0.3) is 0 Å². The highest BCUT2D eigenvalue weighted by molar-refractivity contribution is 6.32. The molecule has 1 aromatic rings. The van der Waals surface area contributed by atoms with Gasteiger partial charge in [-0.3, -0.25) is 10.1 Å². The second-order valence-electron chi connectivity index (χ2n) is 6.10. The molecule has 0 saturated heterocycles. The summed E-state index contributed by atoms with van der Waals surface area (Å²) in [5.74, 6) is -0.897. The van der Waals surface area contributed by atoms with E-state index >= 15 is 0 Å². The summed E-state index contributed by atoms with van der Waals surface area (Å²) in [4.78, 5) is 35.5. The molecular formula is C19H27ClN2O6. The van der Waals surface area contributed by atoms with E-state index in [1.165, 1.54) is 19.2 Å². The Bertz CT molecular complexity index is 695. The topological polar surface area (TPSA) is 103 Å². The van der Waals surface area contributed by atoms with E-state index in [9.17, 15) is 14.4 Å². The van der Waals surface area contributed by atoms with E-state index in [0.29, 0.717) is 12.4 Å². The highest BCUT2D eigenvalue weighted by atomic mass is 35.5. The standard InChI is InChI=1S/C19H27ClN2O6/c1-5-7-8-27-17-14(20)9-13(10-15(17)26-4)18(24)28-11-16(23)22-19(25)21-12(3)6-2/h9-10,12H,5-8,11H2,1-4H3,(H2,21,22,23,25)/t12-/m1/s1. The van der Waals surface area contributed by atoms with Crippen molar-refractivity contribution in [2.24, 2.45) is 0 Å². The molecule has 8 nitrogen and oxygen atoms in total. The van der Waals surface area contributed by atoms with Gasteiger partial charge < -0.3 is 19.5 Å². The van der Waals surface area contributed by atoms with Gasteiger partial charge in [-0.15, -0.1) is 0 Å². The van der Waals surface area contributed by atoms with E-state index in [0.717, 1.165) is 19.3 Å². The smallest absolute Gasteiger partial charge is 0.338 e. The summed E-state index contributed by atoms with van der Waals surface area (Å²) in [6, 6.07) is 2.07. The van der Waals surface area contributed by atoms with Gasteiger partial charge in [0.2, 0.25) is 0 Å². The van der Waals surface area contributed by atoms with Crippen LogP contribution in [0.4, 0.5) is 4.79 Å². The van der Waals surface area contributed by atoms with E-state index < -0.39 is 24.5 Å². The number of nitrogens with one attached hydrogen (secondary N) is 2. The van der Waals surface area contributed by atoms with Crippen molar-refractivity contribution in [2.45, 2.75) is 46.1 Å². The average molecular weight is 415 g/mol. The molecule has 0 heterocycles. The highest BCUT2D eigenvalue weighted by Crippen LogP contribution is 2.36. The summed E-state index contributed by atoms with van der Waals surface area (Å²) in [6.07, 6.45) is 2.53. The van der Waals surface area contributed by atoms with Gasteiger partial charge in [0.1, 0.15) is 0 Å². The zero-order chi connectivity index (χ0) is 21.1. The molecule has 156 valence electrons. The molecule has 0 aliphatic carbocycles. The Kier molecular flexibility index (Phi) is 10.2. The fourth-order valence-corrected chi connectivity index (χ4v) is 2.30. The number of benzene rings is 1. The van der Waals surface area contributed by atoms with Crippen LogP contribution in [0.5, 0.6) is 11.5 Å². The monoisotopic (exact) mass is 414 g/mol. The molecule has 28 heavy (non-hydrogen) atoms. The predicted molar refractivity (Wildman–Crippen MR) is 105 cm³/mol. The molecule has 1 atom stereocenters. The fraction of sp³-hybridized carbons (Fsp3) is 0.526. The number of carbonyl (C=O) groups excluding carboxylic acids is 3. The fourth-order valence-electron chi connectivity index (χ4n) is 2.04. The number of halogens is 1. The lowest BCUT2D eigenvalue weighted by molar-refractivity contribution is -0.123. The van der Waals surface area contributed by atoms with Crippen molar-refractivity contribution in [2.75, 3.05) is 20.3 Å². The van der Waals surface area contributed by atoms with Gasteiger partial charge in [-0.25, -0.2) is 9.59 Å². The van der Waals surface area contributed by atoms with Crippen LogP contribution < -0.4 is 20.1 Å². The summed E-state index contributed by atoms with van der Waals surface area (Å²) >= 11 is 6.19. The molecule has 0 fully saturated rings. The van der Waals surface area contributed by atoms with Crippen molar-refractivity contribution < 1.29 is 28.6 Å². The van der Waals surface area contributed by atoms with Crippen LogP contribution >= 0.6 is 11.6 Å². The van der Waals surface area contributed by atoms with Gasteiger partial charge >= 0.3 is 12.0 Å². The Hall–Kier alpha value is -2.48. The number of methoxy groups -OCH3 is 1. The largest absolute Gasteiger partial charge is 0.493 e. The minimum Gasteiger partial charge on any atom is -0.493 e. The molecule has 9 heteroatoms. The van der Waals surface area contributed by atoms with E-state index in [2.05, 4.69) is 10.6 Å². The third-order valence-corrected chi connectivity index (χ3v) is 4.07. The number of esters is 1. The van der Waals surface area contributed by atoms with Crippen LogP contribution in [0.15, 0.2) is 12.1 Å². The zero-order valence-electron chi connectivity index (χ0n) is 16.6. The van der Waals surface area contributed by atoms with Gasteiger partial charge in [-0.1, -0.05) is 31.9 Å². The van der Waals surface area contributed by atoms with Crippen molar-refractivity contribution in [3.63, 3.8) is 0 Å². The maximum atomic E-state index is 12.2. The predicted octanol–water partition coefficient (Wildman–Crippen LogP) is 3.31. The molecule has 0 spiro atoms. The molecule has 0 saturated carbocycles. The Morgan fingerprint density at radius 1 is 1.21 bits per heavy atom. The van der Waals surface area contributed by atoms with Crippen molar-refractivity contribution in [3.8, 4) is 11.5 Å². The van der Waals surface area contributed by atoms with Crippen LogP contribution in [0.2, 0.25) is 5.02 Å². The maximum Gasteiger partial charge on any atom is 0.338 e. The van der Waals surface area contributed by atoms with E-state index in [1.54, 1.807) is 6.92 Å². The number of ether oxygens (including phenoxy) is 3. The molecule has 1 aromatic carbocycles. The summed E-state index contributed by atoms with van der Waals surface area (Å²) < 4.78 is 15.8. The quantitative estimate of drug-likeness (QED) is 0.449. The Labute approximate surface area is 169 Å². The second kappa shape index (κ2) is 12.1. The van der Waals surface area contributed by atoms with Crippen LogP contribution in [0.3, 0.4) is 0 Å². The van der Waals surface area contributed by atoms with Crippen LogP contribution in [0.1, 0.15) is 50.4 Å². The minimum absolute atomic E-state index is 0.0805. The third-order valence-electron chi connectivity index (χ3n) is 3.79. The van der Waals surface area contributed by atoms with Crippen LogP contribution in [0, 0.1) is 0 Å². The van der Waals surface area contributed by atoms with Crippen molar-refractivity contribution in [3.05, 3.63) is 22.7 Å². The molecule has 1 rings (SSSR count). The average Bonchev–Trinajstić information content (AvgIpc) is 2.66. The molecule has 0 aliphatic heterocycles. The first-order valence-corrected chi connectivity index (χ1v) is 9.47. The van der Waals surface area contributed by atoms with Crippen molar-refractivity contribution in [1.82, 2.24) is 10.6 Å². The Morgan fingerprint density at radius 3 is 2.54 bits per heavy atom. The lowest BCUT2D eigenvalue weighted by Crippen LogP contribution is -2.44. The van der Waals surface area contributed by atoms with Gasteiger partial charge in [0.25, 0.3) is 5.91 Å². The van der Waals surface area contributed by atoms with Gasteiger partial charge in [0, 0.05) is 6.04 Å². The molecule has 0 aliphatic rings. The van der Waals surface area contributed by atoms with Crippen molar-refractivity contribution >= 4 is 29.5 Å². The summed E-state index contributed by atoms with van der Waals surface area (Å²) in [7, 11) is 1.43. The molecular weight excluding hydrogens is 388 g/mol. The zero-order valence-corrected chi connectivity index (χ0v) is 17.4. The molecule has 3 amide bonds. The third kappa shape index (κ3) is 7.64. The van der Waals surface area contributed by atoms with Gasteiger partial charge in [-0.2, -0.15) is 0 Å². The number of hydrogen-bond acceptors (Lipinski definition) is 6. The molecule has 0 aromatic heterocycles. The van der Waals surface area contributed by atoms with Gasteiger partial charge in [-0.05, 0) is 31.9 Å². The lowest BCUT2D eigenvalue weighted by atomic mass is 10.2. The number of amides is 3. The number of imide groups is 1. The lowest BCUT2D eigenvalue weighted by Gasteiger charge is -2.14.